The highest BCUT2D eigenvalue weighted by Gasteiger charge is 2.59. The predicted molar refractivity (Wildman–Crippen MR) is 77.6 cm³/mol. The summed E-state index contributed by atoms with van der Waals surface area (Å²) in [6.45, 7) is 8.69. The second kappa shape index (κ2) is 4.71. The summed E-state index contributed by atoms with van der Waals surface area (Å²) in [4.78, 5) is 14.5. The van der Waals surface area contributed by atoms with Crippen LogP contribution >= 0.6 is 0 Å². The van der Waals surface area contributed by atoms with Crippen molar-refractivity contribution in [1.82, 2.24) is 19.9 Å². The van der Waals surface area contributed by atoms with Gasteiger partial charge in [-0.2, -0.15) is 0 Å². The summed E-state index contributed by atoms with van der Waals surface area (Å²) in [5.41, 5.74) is -0.612. The minimum absolute atomic E-state index is 0.154. The molecule has 3 atom stereocenters. The van der Waals surface area contributed by atoms with E-state index in [1.165, 1.54) is 0 Å². The van der Waals surface area contributed by atoms with E-state index in [-0.39, 0.29) is 11.6 Å². The van der Waals surface area contributed by atoms with E-state index >= 15 is 0 Å². The maximum absolute atomic E-state index is 12.6. The zero-order valence-corrected chi connectivity index (χ0v) is 13.2. The molecule has 1 aromatic rings. The molecule has 3 fully saturated rings. The van der Waals surface area contributed by atoms with Gasteiger partial charge in [0.2, 0.25) is 0 Å². The number of hydrogen-bond donors (Lipinski definition) is 0. The second-order valence-corrected chi connectivity index (χ2v) is 7.58. The lowest BCUT2D eigenvalue weighted by atomic mass is 9.64. The molecular formula is C15H24N4O2. The molecule has 3 unspecified atom stereocenters. The maximum Gasteiger partial charge on any atom is 0.411 e. The summed E-state index contributed by atoms with van der Waals surface area (Å²) < 4.78 is 7.42. The van der Waals surface area contributed by atoms with Gasteiger partial charge >= 0.3 is 6.09 Å². The van der Waals surface area contributed by atoms with Gasteiger partial charge in [0.05, 0.1) is 18.3 Å². The predicted octanol–water partition coefficient (Wildman–Crippen LogP) is 2.46. The number of nitrogens with zero attached hydrogens (tertiary/aromatic N) is 4. The van der Waals surface area contributed by atoms with Crippen molar-refractivity contribution in [2.75, 3.05) is 0 Å². The number of aromatic nitrogens is 3. The fourth-order valence-electron chi connectivity index (χ4n) is 3.95. The fourth-order valence-corrected chi connectivity index (χ4v) is 3.95. The Hall–Kier alpha value is -1.59. The molecule has 2 saturated heterocycles. The molecule has 2 aliphatic heterocycles. The summed E-state index contributed by atoms with van der Waals surface area (Å²) in [7, 11) is 0. The normalized spacial score (nSPS) is 31.7. The van der Waals surface area contributed by atoms with Gasteiger partial charge in [-0.1, -0.05) is 12.1 Å². The Balaban J connectivity index is 1.80. The summed E-state index contributed by atoms with van der Waals surface area (Å²) in [6, 6.07) is 0.312. The molecule has 6 nitrogen and oxygen atoms in total. The average molecular weight is 292 g/mol. The highest BCUT2D eigenvalue weighted by molar-refractivity contribution is 5.71. The molecular weight excluding hydrogens is 268 g/mol. The van der Waals surface area contributed by atoms with Crippen molar-refractivity contribution < 1.29 is 9.53 Å². The van der Waals surface area contributed by atoms with Gasteiger partial charge in [0.15, 0.2) is 0 Å². The van der Waals surface area contributed by atoms with Gasteiger partial charge in [-0.25, -0.2) is 4.79 Å². The van der Waals surface area contributed by atoms with E-state index in [0.29, 0.717) is 18.5 Å². The summed E-state index contributed by atoms with van der Waals surface area (Å²) in [6.07, 6.45) is 6.45. The molecule has 1 saturated carbocycles. The number of carbonyl (C=O) groups is 1. The van der Waals surface area contributed by atoms with Gasteiger partial charge in [-0.05, 0) is 46.0 Å². The molecule has 1 aliphatic carbocycles. The van der Waals surface area contributed by atoms with Crippen molar-refractivity contribution in [3.05, 3.63) is 12.4 Å². The van der Waals surface area contributed by atoms with E-state index < -0.39 is 5.60 Å². The minimum atomic E-state index is -0.457. The highest BCUT2D eigenvalue weighted by atomic mass is 16.6. The number of fused-ring (bicyclic) bond motifs is 2. The number of piperidine rings is 1. The quantitative estimate of drug-likeness (QED) is 0.840. The fraction of sp³-hybridized carbons (Fsp3) is 0.800. The highest BCUT2D eigenvalue weighted by Crippen LogP contribution is 2.51. The zero-order valence-electron chi connectivity index (χ0n) is 13.2. The molecule has 4 rings (SSSR count). The van der Waals surface area contributed by atoms with E-state index in [1.807, 2.05) is 36.5 Å². The standard InChI is InChI=1S/C15H24N4O2/c1-11-7-12-9-15(8-11,10-18-6-5-16-17-18)19(12)13(20)21-14(2,3)4/h5-6,11-12H,7-10H2,1-4H3. The monoisotopic (exact) mass is 292 g/mol. The number of hydrogen-bond acceptors (Lipinski definition) is 4. The third kappa shape index (κ3) is 2.63. The van der Waals surface area contributed by atoms with Crippen LogP contribution in [0.3, 0.4) is 0 Å². The molecule has 2 bridgehead atoms. The molecule has 3 aliphatic rings. The molecule has 0 aromatic carbocycles. The van der Waals surface area contributed by atoms with Gasteiger partial charge in [0.25, 0.3) is 0 Å². The Kier molecular flexibility index (Phi) is 3.22. The lowest BCUT2D eigenvalue weighted by Gasteiger charge is -2.62. The van der Waals surface area contributed by atoms with Crippen molar-refractivity contribution in [3.8, 4) is 0 Å². The molecule has 21 heavy (non-hydrogen) atoms. The van der Waals surface area contributed by atoms with Crippen LogP contribution in [-0.4, -0.2) is 43.2 Å². The topological polar surface area (TPSA) is 60.2 Å². The van der Waals surface area contributed by atoms with Gasteiger partial charge in [0.1, 0.15) is 5.60 Å². The smallest absolute Gasteiger partial charge is 0.411 e. The average Bonchev–Trinajstić information content (AvgIpc) is 2.77. The third-order valence-corrected chi connectivity index (χ3v) is 4.41. The molecule has 1 amide bonds. The first-order chi connectivity index (χ1) is 9.79. The van der Waals surface area contributed by atoms with Crippen LogP contribution in [0.15, 0.2) is 12.4 Å². The second-order valence-electron chi connectivity index (χ2n) is 7.58. The number of rotatable bonds is 2. The van der Waals surface area contributed by atoms with Gasteiger partial charge in [-0.15, -0.1) is 5.10 Å². The zero-order chi connectivity index (χ0) is 15.3. The molecule has 0 N–H and O–H groups in total. The first kappa shape index (κ1) is 14.4. The van der Waals surface area contributed by atoms with Crippen molar-refractivity contribution >= 4 is 6.09 Å². The van der Waals surface area contributed by atoms with Crippen LogP contribution in [0.25, 0.3) is 0 Å². The van der Waals surface area contributed by atoms with Crippen molar-refractivity contribution in [2.45, 2.75) is 70.7 Å². The van der Waals surface area contributed by atoms with Crippen molar-refractivity contribution in [3.63, 3.8) is 0 Å². The van der Waals surface area contributed by atoms with Crippen LogP contribution in [0.4, 0.5) is 4.79 Å². The van der Waals surface area contributed by atoms with E-state index in [4.69, 9.17) is 4.74 Å². The summed E-state index contributed by atoms with van der Waals surface area (Å²) in [5, 5.41) is 7.92. The van der Waals surface area contributed by atoms with E-state index in [9.17, 15) is 4.79 Å². The number of amides is 1. The molecule has 0 radical (unpaired) electrons. The van der Waals surface area contributed by atoms with Crippen molar-refractivity contribution in [2.24, 2.45) is 5.92 Å². The Morgan fingerprint density at radius 1 is 1.43 bits per heavy atom. The Labute approximate surface area is 125 Å². The van der Waals surface area contributed by atoms with Crippen LogP contribution < -0.4 is 0 Å². The Morgan fingerprint density at radius 3 is 2.81 bits per heavy atom. The van der Waals surface area contributed by atoms with Crippen LogP contribution in [0.5, 0.6) is 0 Å². The Morgan fingerprint density at radius 2 is 2.19 bits per heavy atom. The lowest BCUT2D eigenvalue weighted by Crippen LogP contribution is -2.73. The molecule has 1 aromatic heterocycles. The summed E-state index contributed by atoms with van der Waals surface area (Å²) in [5.74, 6) is 0.631. The minimum Gasteiger partial charge on any atom is -0.444 e. The SMILES string of the molecule is CC1CC2CC(Cn3ccnn3)(C1)N2C(=O)OC(C)(C)C. The van der Waals surface area contributed by atoms with Crippen LogP contribution in [0.1, 0.15) is 47.0 Å². The van der Waals surface area contributed by atoms with Crippen LogP contribution in [0, 0.1) is 5.92 Å². The molecule has 6 heteroatoms. The molecule has 116 valence electrons. The lowest BCUT2D eigenvalue weighted by molar-refractivity contribution is -0.131. The maximum atomic E-state index is 12.6. The first-order valence-electron chi connectivity index (χ1n) is 7.65. The number of carbonyl (C=O) groups excluding carboxylic acids is 1. The van der Waals surface area contributed by atoms with Gasteiger partial charge in [0, 0.05) is 12.2 Å². The van der Waals surface area contributed by atoms with E-state index in [1.54, 1.807) is 6.20 Å². The molecule has 3 heterocycles. The van der Waals surface area contributed by atoms with Crippen molar-refractivity contribution in [1.29, 1.82) is 0 Å². The first-order valence-corrected chi connectivity index (χ1v) is 7.65. The van der Waals surface area contributed by atoms with Gasteiger partial charge in [-0.3, -0.25) is 9.58 Å². The third-order valence-electron chi connectivity index (χ3n) is 4.41. The van der Waals surface area contributed by atoms with E-state index in [0.717, 1.165) is 19.3 Å². The van der Waals surface area contributed by atoms with Crippen LogP contribution in [0.2, 0.25) is 0 Å². The summed E-state index contributed by atoms with van der Waals surface area (Å²) >= 11 is 0. The van der Waals surface area contributed by atoms with E-state index in [2.05, 4.69) is 17.2 Å². The largest absolute Gasteiger partial charge is 0.444 e. The molecule has 0 spiro atoms. The van der Waals surface area contributed by atoms with Gasteiger partial charge < -0.3 is 4.74 Å². The van der Waals surface area contributed by atoms with Crippen LogP contribution in [-0.2, 0) is 11.3 Å². The number of ether oxygens (including phenoxy) is 1. The Bertz CT molecular complexity index is 522.